The monoisotopic (exact) mass is 1340 g/mol. The van der Waals surface area contributed by atoms with Gasteiger partial charge in [-0.2, -0.15) is 0 Å². The van der Waals surface area contributed by atoms with Crippen LogP contribution >= 0.6 is 0 Å². The van der Waals surface area contributed by atoms with Crippen molar-refractivity contribution in [3.8, 4) is 50.9 Å². The summed E-state index contributed by atoms with van der Waals surface area (Å²) < 4.78 is 361. The zero-order chi connectivity index (χ0) is 97.8. The number of hydrogen-bond donors (Lipinski definition) is 0. The molecule has 3 aromatic heterocycles. The van der Waals surface area contributed by atoms with Gasteiger partial charge < -0.3 is 4.74 Å². The molecule has 0 bridgehead atoms. The maximum atomic E-state index is 10.6. The fourth-order valence-electron chi connectivity index (χ4n) is 13.1. The second-order valence-electron chi connectivity index (χ2n) is 25.5. The molecular formula is C92H76N4OSi2. The van der Waals surface area contributed by atoms with Gasteiger partial charge >= 0.3 is 0 Å². The Morgan fingerprint density at radius 2 is 0.859 bits per heavy atom. The van der Waals surface area contributed by atoms with Crippen molar-refractivity contribution in [1.29, 1.82) is 0 Å². The molecule has 0 fully saturated rings. The lowest BCUT2D eigenvalue weighted by atomic mass is 9.86. The third kappa shape index (κ3) is 11.1. The molecule has 0 aliphatic carbocycles. The highest BCUT2D eigenvalue weighted by molar-refractivity contribution is 7.22. The van der Waals surface area contributed by atoms with E-state index >= 15 is 0 Å². The van der Waals surface area contributed by atoms with Crippen LogP contribution in [-0.4, -0.2) is 30.3 Å². The summed E-state index contributed by atoms with van der Waals surface area (Å²) in [6.45, 7) is 12.2. The minimum Gasteiger partial charge on any atom is -0.458 e. The number of imidazole rings is 1. The molecule has 0 atom stereocenters. The highest BCUT2D eigenvalue weighted by Crippen LogP contribution is 2.38. The van der Waals surface area contributed by atoms with E-state index < -0.39 is 291 Å². The summed E-state index contributed by atoms with van der Waals surface area (Å²) in [5.41, 5.74) is 0.0487. The average molecular weight is 1350 g/mol. The van der Waals surface area contributed by atoms with Crippen LogP contribution in [0.15, 0.2) is 351 Å². The predicted molar refractivity (Wildman–Crippen MR) is 418 cm³/mol. The van der Waals surface area contributed by atoms with Crippen LogP contribution in [0.2, 0.25) is 0 Å². The van der Waals surface area contributed by atoms with Gasteiger partial charge in [0.15, 0.2) is 16.1 Å². The van der Waals surface area contributed by atoms with Crippen molar-refractivity contribution in [1.82, 2.24) is 14.1 Å². The Balaban J connectivity index is 1.25. The van der Waals surface area contributed by atoms with Crippen LogP contribution in [0.4, 0.5) is 0 Å². The van der Waals surface area contributed by atoms with E-state index in [9.17, 15) is 46.6 Å². The lowest BCUT2D eigenvalue weighted by Gasteiger charge is -2.41. The molecule has 0 unspecified atom stereocenters. The first-order chi connectivity index (χ1) is 62.8. The van der Waals surface area contributed by atoms with Crippen LogP contribution in [0, 0.1) is 6.33 Å². The summed E-state index contributed by atoms with van der Waals surface area (Å²) in [7, 11) is -14.5. The van der Waals surface area contributed by atoms with Gasteiger partial charge in [0.2, 0.25) is 0 Å². The van der Waals surface area contributed by atoms with E-state index in [0.29, 0.717) is 22.5 Å². The van der Waals surface area contributed by atoms with Crippen LogP contribution < -0.4 is 50.8 Å². The molecule has 0 radical (unpaired) electrons. The number of rotatable bonds is 15. The van der Waals surface area contributed by atoms with Crippen LogP contribution in [0.1, 0.15) is 101 Å². The van der Waals surface area contributed by atoms with Crippen molar-refractivity contribution < 1.29 is 57.3 Å². The summed E-state index contributed by atoms with van der Waals surface area (Å²) in [5, 5.41) is -8.38. The summed E-state index contributed by atoms with van der Waals surface area (Å²) in [4.78, 5) is 4.86. The molecule has 5 nitrogen and oxygen atoms in total. The Hall–Kier alpha value is -11.5. The molecule has 16 aromatic rings. The van der Waals surface area contributed by atoms with Crippen LogP contribution in [-0.2, 0) is 10.8 Å². The molecular weight excluding hydrogens is 1230 g/mol. The number of ether oxygens (including phenoxy) is 1. The maximum Gasteiger partial charge on any atom is 0.269 e. The number of hydrogen-bond acceptors (Lipinski definition) is 2. The van der Waals surface area contributed by atoms with Gasteiger partial charge in [0.05, 0.1) is 81.4 Å². The lowest BCUT2D eigenvalue weighted by Crippen LogP contribution is -2.80. The Morgan fingerprint density at radius 3 is 1.37 bits per heavy atom. The summed E-state index contributed by atoms with van der Waals surface area (Å²) in [6.07, 6.45) is 5.10. The second kappa shape index (κ2) is 25.5. The molecule has 0 saturated heterocycles. The molecule has 478 valence electrons. The van der Waals surface area contributed by atoms with Gasteiger partial charge in [0.25, 0.3) is 6.33 Å². The number of fused-ring (bicyclic) bond motifs is 4. The third-order valence-corrected chi connectivity index (χ3v) is 26.1. The maximum absolute atomic E-state index is 10.6. The number of para-hydroxylation sites is 1. The standard InChI is InChI=1S/C92H76N4OSi2/c1-91(2,3)70-52-49-67(50-53-70)68-51-56-84-86(59-68)94(72-33-30-34-73(63-72)97-74-54-55-82-81-47-28-29-48-83(81)96(85(82)64-74)89-62-71(57-58-93-89)92(4,5)6)65-95(84)90-87(98(75-35-16-8-17-36-75,76-37-18-9-19-38-76)77-39-20-10-21-40-77)60-69(66-31-14-7-15-32-66)61-88(90)99(78-41-22-11-23-42-78,79-43-24-12-25-44-79)80-45-26-13-27-46-80/h7-64H,1-6H3/i7D,8D,9D,10D,11D,12D,13D,14D,15D,16D,17D,18D,19D,20D,21D,22D,23D,24D,25D,26D,27D,31D,32D,35D,36D,37D,38D,39D,40D,41D,42D,43D,44D,45D,46D. The predicted octanol–water partition coefficient (Wildman–Crippen LogP) is 16.7. The van der Waals surface area contributed by atoms with Crippen molar-refractivity contribution in [3.05, 3.63) is 369 Å². The van der Waals surface area contributed by atoms with Gasteiger partial charge in [0.1, 0.15) is 17.3 Å². The molecule has 13 aromatic carbocycles. The van der Waals surface area contributed by atoms with E-state index in [0.717, 1.165) is 44.1 Å². The van der Waals surface area contributed by atoms with Crippen molar-refractivity contribution in [2.24, 2.45) is 0 Å². The first-order valence-electron chi connectivity index (χ1n) is 49.0. The molecule has 3 heterocycles. The zero-order valence-electron chi connectivity index (χ0n) is 89.0. The number of nitrogens with zero attached hydrogens (tertiary/aromatic N) is 4. The van der Waals surface area contributed by atoms with Gasteiger partial charge in [0, 0.05) is 23.0 Å². The highest BCUT2D eigenvalue weighted by atomic mass is 28.3. The normalized spacial score (nSPS) is 17.1. The largest absolute Gasteiger partial charge is 0.458 e. The molecule has 0 amide bonds. The van der Waals surface area contributed by atoms with Crippen LogP contribution in [0.3, 0.4) is 0 Å². The lowest BCUT2D eigenvalue weighted by molar-refractivity contribution is -0.570. The van der Waals surface area contributed by atoms with Gasteiger partial charge in [-0.3, -0.25) is 13.7 Å². The van der Waals surface area contributed by atoms with Crippen molar-refractivity contribution in [2.45, 2.75) is 52.4 Å². The van der Waals surface area contributed by atoms with Crippen molar-refractivity contribution in [3.63, 3.8) is 0 Å². The Morgan fingerprint density at radius 1 is 0.384 bits per heavy atom. The van der Waals surface area contributed by atoms with Gasteiger partial charge in [-0.1, -0.05) is 326 Å². The van der Waals surface area contributed by atoms with Crippen molar-refractivity contribution in [2.75, 3.05) is 0 Å². The molecule has 7 heteroatoms. The smallest absolute Gasteiger partial charge is 0.269 e. The van der Waals surface area contributed by atoms with E-state index in [-0.39, 0.29) is 33.6 Å². The van der Waals surface area contributed by atoms with E-state index in [1.54, 1.807) is 48.7 Å². The number of pyridine rings is 1. The molecule has 99 heavy (non-hydrogen) atoms. The summed E-state index contributed by atoms with van der Waals surface area (Å²) >= 11 is 0. The number of aromatic nitrogens is 4. The fraction of sp³-hybridized carbons (Fsp3) is 0.0870. The molecule has 0 aliphatic rings. The zero-order valence-corrected chi connectivity index (χ0v) is 56.0. The van der Waals surface area contributed by atoms with Gasteiger partial charge in [-0.25, -0.2) is 4.98 Å². The highest BCUT2D eigenvalue weighted by Gasteiger charge is 2.49. The third-order valence-electron chi connectivity index (χ3n) is 17.7. The molecule has 0 saturated carbocycles. The van der Waals surface area contributed by atoms with Crippen LogP contribution in [0.5, 0.6) is 11.5 Å². The van der Waals surface area contributed by atoms with Gasteiger partial charge in [-0.15, -0.1) is 0 Å². The molecule has 0 N–H and O–H groups in total. The minimum atomic E-state index is -7.23. The van der Waals surface area contributed by atoms with Gasteiger partial charge in [-0.05, 0) is 140 Å². The van der Waals surface area contributed by atoms with Crippen molar-refractivity contribution >= 4 is 90.5 Å². The van der Waals surface area contributed by atoms with E-state index in [2.05, 4.69) is 27.1 Å². The van der Waals surface area contributed by atoms with E-state index in [4.69, 9.17) is 11.1 Å². The second-order valence-corrected chi connectivity index (χ2v) is 32.6. The molecule has 16 rings (SSSR count). The summed E-state index contributed by atoms with van der Waals surface area (Å²) in [5.74, 6) is 0.901. The first kappa shape index (κ1) is 34.6. The number of benzene rings is 13. The average Bonchev–Trinajstić information content (AvgIpc) is 0.962. The molecule has 0 aliphatic heterocycles. The summed E-state index contributed by atoms with van der Waals surface area (Å²) in [6, 6.07) is -9.63. The van der Waals surface area contributed by atoms with E-state index in [1.165, 1.54) is 16.7 Å². The molecule has 0 spiro atoms. The van der Waals surface area contributed by atoms with E-state index in [1.807, 2.05) is 92.1 Å². The SMILES string of the molecule is [2H]c1c([2H])c([2H])c(-c2cc([Si](c3c([2H])c([2H])c([2H])c([2H])c3[2H])(c3c([2H])c([2H])c([2H])c([2H])c3[2H])c3c([2H])c([2H])c([2H])c([2H])c3[2H])c(-[n+]3[c-]n(-c4cccc(Oc5ccc6c7ccccc7n(-c7cc(C(C)(C)C)ccn7)c6c5)c4)c4cc(-c5ccc(C(C)(C)C)cc5)ccc43)c([Si](c3c([2H])c([2H])c([2H])c([2H])c3[2H])(c3c([2H])c([2H])c([2H])c([2H])c3[2H])c3c([2H])c([2H])c([2H])c([2H])c3[2H])c2)c([2H])c1[2H]. The first-order valence-corrected chi connectivity index (χ1v) is 35.5. The topological polar surface area (TPSA) is 35.9 Å². The minimum absolute atomic E-state index is 0.0273. The quantitative estimate of drug-likeness (QED) is 0.0444. The Bertz CT molecular complexity index is 7060. The fourth-order valence-corrected chi connectivity index (χ4v) is 21.3. The Labute approximate surface area is 632 Å². The van der Waals surface area contributed by atoms with Crippen LogP contribution in [0.25, 0.3) is 72.3 Å². The Kier molecular flexibility index (Phi) is 8.92.